The van der Waals surface area contributed by atoms with Gasteiger partial charge in [0.15, 0.2) is 0 Å². The highest BCUT2D eigenvalue weighted by molar-refractivity contribution is 7.10. The van der Waals surface area contributed by atoms with Crippen LogP contribution in [0.1, 0.15) is 95.5 Å². The van der Waals surface area contributed by atoms with Crippen LogP contribution in [0.5, 0.6) is 0 Å². The quantitative estimate of drug-likeness (QED) is 0.118. The number of benzene rings is 1. The van der Waals surface area contributed by atoms with E-state index in [9.17, 15) is 19.2 Å². The van der Waals surface area contributed by atoms with Crippen LogP contribution in [0.2, 0.25) is 0 Å². The van der Waals surface area contributed by atoms with Gasteiger partial charge in [0.1, 0.15) is 24.7 Å². The van der Waals surface area contributed by atoms with Crippen molar-refractivity contribution in [1.82, 2.24) is 50.3 Å². The summed E-state index contributed by atoms with van der Waals surface area (Å²) in [5.41, 5.74) is 6.62. The lowest BCUT2D eigenvalue weighted by atomic mass is 9.84. The largest absolute Gasteiger partial charge is 0.464 e. The number of esters is 1. The Kier molecular flexibility index (Phi) is 15.3. The van der Waals surface area contributed by atoms with Gasteiger partial charge in [-0.3, -0.25) is 44.3 Å². The summed E-state index contributed by atoms with van der Waals surface area (Å²) in [5.74, 6) is -0.534. The molecule has 0 radical (unpaired) electrons. The summed E-state index contributed by atoms with van der Waals surface area (Å²) in [6.07, 6.45) is 1.86. The number of carbonyl (C=O) groups is 4. The number of carbonyl (C=O) groups excluding carboxylic acids is 4. The van der Waals surface area contributed by atoms with Gasteiger partial charge < -0.3 is 33.9 Å². The zero-order chi connectivity index (χ0) is 56.7. The molecule has 6 saturated heterocycles. The number of amides is 3. The number of piperazine rings is 1. The summed E-state index contributed by atoms with van der Waals surface area (Å²) in [7, 11) is 1.56. The third-order valence-electron chi connectivity index (χ3n) is 18.6. The molecule has 3 N–H and O–H groups in total. The first-order chi connectivity index (χ1) is 38.7. The molecule has 6 bridgehead atoms. The van der Waals surface area contributed by atoms with Crippen molar-refractivity contribution in [3.8, 4) is 22.5 Å². The summed E-state index contributed by atoms with van der Waals surface area (Å²) in [4.78, 5) is 76.6. The molecule has 2 unspecified atom stereocenters. The second-order valence-corrected chi connectivity index (χ2v) is 26.5. The number of aromatic nitrogens is 3. The van der Waals surface area contributed by atoms with E-state index in [-0.39, 0.29) is 54.7 Å². The minimum atomic E-state index is -4.62. The van der Waals surface area contributed by atoms with Crippen LogP contribution in [0.3, 0.4) is 0 Å². The van der Waals surface area contributed by atoms with Crippen molar-refractivity contribution in [1.29, 1.82) is 0 Å². The predicted molar refractivity (Wildman–Crippen MR) is 300 cm³/mol. The van der Waals surface area contributed by atoms with E-state index in [0.29, 0.717) is 134 Å². The Balaban J connectivity index is 0.886. The van der Waals surface area contributed by atoms with Gasteiger partial charge in [0, 0.05) is 110 Å². The molecule has 7 aliphatic heterocycles. The normalized spacial score (nSPS) is 28.3. The molecule has 1 spiro atoms. The van der Waals surface area contributed by atoms with Gasteiger partial charge in [0.2, 0.25) is 11.8 Å². The molecular weight excluding hydrogens is 1060 g/mol. The van der Waals surface area contributed by atoms with Gasteiger partial charge in [-0.05, 0) is 94.0 Å². The zero-order valence-electron chi connectivity index (χ0n) is 47.5. The lowest BCUT2D eigenvalue weighted by Crippen LogP contribution is -2.62. The van der Waals surface area contributed by atoms with Crippen LogP contribution in [-0.2, 0) is 52.8 Å². The lowest BCUT2D eigenvalue weighted by Gasteiger charge is -2.44. The first-order valence-corrected chi connectivity index (χ1v) is 30.2. The van der Waals surface area contributed by atoms with E-state index in [1.54, 1.807) is 25.4 Å². The number of alkyl halides is 3. The zero-order valence-corrected chi connectivity index (χ0v) is 48.3. The van der Waals surface area contributed by atoms with E-state index in [4.69, 9.17) is 24.2 Å². The van der Waals surface area contributed by atoms with E-state index >= 15 is 13.2 Å². The number of hydrogen-bond acceptors (Lipinski definition) is 15. The predicted octanol–water partition coefficient (Wildman–Crippen LogP) is 5.97. The third kappa shape index (κ3) is 11.6. The van der Waals surface area contributed by atoms with Crippen molar-refractivity contribution < 1.29 is 46.6 Å². The number of anilines is 1. The fraction of sp³-hybridized carbons (Fsp3) is 0.661. The highest BCUT2D eigenvalue weighted by Crippen LogP contribution is 2.46. The van der Waals surface area contributed by atoms with E-state index in [1.807, 2.05) is 57.0 Å². The lowest BCUT2D eigenvalue weighted by molar-refractivity contribution is -0.155. The number of rotatable bonds is 11. The van der Waals surface area contributed by atoms with E-state index < -0.39 is 54.2 Å². The first-order valence-electron chi connectivity index (χ1n) is 29.3. The van der Waals surface area contributed by atoms with Crippen molar-refractivity contribution >= 4 is 51.6 Å². The van der Waals surface area contributed by atoms with Crippen LogP contribution in [0.4, 0.5) is 18.9 Å². The maximum atomic E-state index is 15.2. The molecule has 3 aromatic heterocycles. The standard InChI is InChI=1S/C59H78F3N11O7S/c1-34(2)51(70-16-13-58(30-70)14-17-71(31-58)55(76)50-49(66-50)36-9-10-36)53(74)65-44-24-47-64-45(29-81-47)37-11-12-46-40(22-37)42(25-57(4,5)33-80-56(77)43-8-7-15-73(67-43)54(44)75)52(72(46)32-59(60,61)62)41-23-38(26-63-48(41)35(3)78-6)69-19-18-68-20-21-79-28-39(68)27-69/h11-12,22-23,26,29,34-36,39,43-44,49-51,66-67H,7-10,13-21,24-25,27-28,30-33H2,1-6H3,(H,65,74)/t35-,39-,43-,44-,49?,50+,51?,58-/m0/s1. The maximum absolute atomic E-state index is 15.2. The van der Waals surface area contributed by atoms with E-state index in [1.165, 1.54) is 33.8 Å². The summed E-state index contributed by atoms with van der Waals surface area (Å²) in [5, 5.41) is 11.1. The molecule has 1 aliphatic carbocycles. The van der Waals surface area contributed by atoms with Crippen molar-refractivity contribution in [3.05, 3.63) is 52.1 Å². The number of fused-ring (bicyclic) bond motifs is 7. The number of nitrogens with one attached hydrogen (secondary N) is 3. The molecule has 3 amide bonds. The number of methoxy groups -OCH3 is 1. The van der Waals surface area contributed by atoms with Crippen LogP contribution >= 0.6 is 11.3 Å². The highest BCUT2D eigenvalue weighted by Gasteiger charge is 2.55. The summed E-state index contributed by atoms with van der Waals surface area (Å²) >= 11 is 1.34. The fourth-order valence-corrected chi connectivity index (χ4v) is 14.9. The molecule has 4 aromatic rings. The molecule has 438 valence electrons. The maximum Gasteiger partial charge on any atom is 0.406 e. The van der Waals surface area contributed by atoms with Gasteiger partial charge in [0.05, 0.1) is 72.0 Å². The Hall–Kier alpha value is -5.23. The van der Waals surface area contributed by atoms with Crippen molar-refractivity contribution in [3.63, 3.8) is 0 Å². The number of thiazole rings is 1. The smallest absolute Gasteiger partial charge is 0.406 e. The Morgan fingerprint density at radius 3 is 2.60 bits per heavy atom. The van der Waals surface area contributed by atoms with Crippen molar-refractivity contribution in [2.45, 2.75) is 141 Å². The number of pyridine rings is 1. The van der Waals surface area contributed by atoms with Gasteiger partial charge in [-0.2, -0.15) is 13.2 Å². The monoisotopic (exact) mass is 1140 g/mol. The number of nitrogens with zero attached hydrogens (tertiary/aromatic N) is 8. The van der Waals surface area contributed by atoms with Gasteiger partial charge in [-0.25, -0.2) is 10.4 Å². The van der Waals surface area contributed by atoms with Crippen LogP contribution in [0.15, 0.2) is 35.8 Å². The van der Waals surface area contributed by atoms with Gasteiger partial charge in [-0.15, -0.1) is 11.3 Å². The number of hydrogen-bond donors (Lipinski definition) is 3. The molecule has 7 fully saturated rings. The summed E-state index contributed by atoms with van der Waals surface area (Å²) < 4.78 is 64.9. The molecule has 22 heteroatoms. The fourth-order valence-electron chi connectivity index (χ4n) is 14.0. The molecule has 1 aromatic carbocycles. The van der Waals surface area contributed by atoms with Crippen LogP contribution < -0.4 is 21.0 Å². The van der Waals surface area contributed by atoms with E-state index in [0.717, 1.165) is 31.6 Å². The Labute approximate surface area is 475 Å². The molecular formula is C59H78F3N11O7S. The molecule has 10 heterocycles. The molecule has 81 heavy (non-hydrogen) atoms. The topological polar surface area (TPSA) is 189 Å². The molecule has 8 atom stereocenters. The summed E-state index contributed by atoms with van der Waals surface area (Å²) in [6.45, 7) is 15.7. The van der Waals surface area contributed by atoms with Gasteiger partial charge in [0.25, 0.3) is 5.91 Å². The molecule has 1 saturated carbocycles. The minimum absolute atomic E-state index is 0.0474. The Morgan fingerprint density at radius 1 is 1.01 bits per heavy atom. The Bertz CT molecular complexity index is 3060. The van der Waals surface area contributed by atoms with Crippen molar-refractivity contribution in [2.24, 2.45) is 22.7 Å². The second-order valence-electron chi connectivity index (χ2n) is 25.6. The van der Waals surface area contributed by atoms with E-state index in [2.05, 4.69) is 30.8 Å². The number of likely N-dealkylation sites (tertiary alicyclic amines) is 2. The Morgan fingerprint density at radius 2 is 1.83 bits per heavy atom. The van der Waals surface area contributed by atoms with Crippen molar-refractivity contribution in [2.75, 3.05) is 90.7 Å². The summed E-state index contributed by atoms with van der Waals surface area (Å²) in [6, 6.07) is 5.28. The van der Waals surface area contributed by atoms with Gasteiger partial charge >= 0.3 is 12.1 Å². The van der Waals surface area contributed by atoms with Gasteiger partial charge in [-0.1, -0.05) is 33.8 Å². The number of halogens is 3. The number of ether oxygens (including phenoxy) is 3. The second kappa shape index (κ2) is 22.1. The molecule has 12 rings (SSSR count). The SMILES string of the molecule is CO[C@@H](C)c1ncc(N2CCN3CCOC[C@@H]3C2)cc1-c1c2c3cc(ccc3n1CC(F)(F)F)-c1csc(n1)C[C@H](NC(=O)C(C(C)C)N1CC[C@]3(CCN(C(=O)[C@@H]4NC4C4CC4)C3)C1)C(=O)N1CCC[C@H](N1)C(=O)OCC(C)(C)C2. The minimum Gasteiger partial charge on any atom is -0.464 e. The number of cyclic esters (lactones) is 1. The molecule has 8 aliphatic rings. The number of morpholine rings is 1. The van der Waals surface area contributed by atoms with Crippen LogP contribution in [0, 0.1) is 22.7 Å². The first kappa shape index (κ1) is 56.3. The van der Waals surface area contributed by atoms with Crippen LogP contribution in [0.25, 0.3) is 33.4 Å². The average molecular weight is 1140 g/mol. The molecule has 18 nitrogen and oxygen atoms in total. The highest BCUT2D eigenvalue weighted by atomic mass is 32.1. The number of hydrazine groups is 1. The third-order valence-corrected chi connectivity index (χ3v) is 19.4. The van der Waals surface area contributed by atoms with Crippen LogP contribution in [-0.4, -0.2) is 186 Å². The average Bonchev–Trinajstić information content (AvgIpc) is 3.66.